The summed E-state index contributed by atoms with van der Waals surface area (Å²) in [7, 11) is 1.64. The largest absolute Gasteiger partial charge is 0.465 e. The lowest BCUT2D eigenvalue weighted by Crippen LogP contribution is -2.41. The predicted octanol–water partition coefficient (Wildman–Crippen LogP) is 1.49. The summed E-state index contributed by atoms with van der Waals surface area (Å²) in [6, 6.07) is 0. The molecule has 112 valence electrons. The van der Waals surface area contributed by atoms with Crippen LogP contribution in [0.1, 0.15) is 38.5 Å². The summed E-state index contributed by atoms with van der Waals surface area (Å²) in [6.07, 6.45) is 5.80. The SMILES string of the molecule is COCCOCCCOC(=O)C1(CN)CCCCC1. The van der Waals surface area contributed by atoms with Gasteiger partial charge in [0.1, 0.15) is 0 Å². The third-order valence-electron chi connectivity index (χ3n) is 3.73. The van der Waals surface area contributed by atoms with Crippen molar-refractivity contribution in [2.45, 2.75) is 38.5 Å². The summed E-state index contributed by atoms with van der Waals surface area (Å²) in [5, 5.41) is 0. The molecule has 0 aromatic heterocycles. The van der Waals surface area contributed by atoms with Crippen LogP contribution in [-0.2, 0) is 19.0 Å². The molecule has 0 atom stereocenters. The minimum atomic E-state index is -0.421. The highest BCUT2D eigenvalue weighted by atomic mass is 16.5. The fourth-order valence-corrected chi connectivity index (χ4v) is 2.44. The van der Waals surface area contributed by atoms with Crippen LogP contribution in [0.3, 0.4) is 0 Å². The third-order valence-corrected chi connectivity index (χ3v) is 3.73. The van der Waals surface area contributed by atoms with E-state index in [0.717, 1.165) is 32.1 Å². The predicted molar refractivity (Wildman–Crippen MR) is 72.8 cm³/mol. The fraction of sp³-hybridized carbons (Fsp3) is 0.929. The molecule has 0 aliphatic heterocycles. The Morgan fingerprint density at radius 1 is 1.11 bits per heavy atom. The molecule has 0 aromatic rings. The Bertz CT molecular complexity index is 252. The quantitative estimate of drug-likeness (QED) is 0.509. The highest BCUT2D eigenvalue weighted by Gasteiger charge is 2.39. The zero-order valence-corrected chi connectivity index (χ0v) is 12.0. The summed E-state index contributed by atoms with van der Waals surface area (Å²) in [6.45, 7) is 2.57. The Kier molecular flexibility index (Phi) is 8.02. The highest BCUT2D eigenvalue weighted by molar-refractivity contribution is 5.77. The monoisotopic (exact) mass is 273 g/mol. The average Bonchev–Trinajstić information content (AvgIpc) is 2.46. The number of ether oxygens (including phenoxy) is 3. The maximum Gasteiger partial charge on any atom is 0.313 e. The molecule has 0 saturated heterocycles. The molecule has 1 aliphatic rings. The summed E-state index contributed by atoms with van der Waals surface area (Å²) in [4.78, 5) is 12.1. The van der Waals surface area contributed by atoms with Gasteiger partial charge in [0.15, 0.2) is 0 Å². The highest BCUT2D eigenvalue weighted by Crippen LogP contribution is 2.36. The first kappa shape index (κ1) is 16.4. The van der Waals surface area contributed by atoms with Gasteiger partial charge in [-0.15, -0.1) is 0 Å². The lowest BCUT2D eigenvalue weighted by Gasteiger charge is -2.33. The molecule has 0 unspecified atom stereocenters. The molecule has 2 N–H and O–H groups in total. The number of esters is 1. The molecule has 0 radical (unpaired) electrons. The fourth-order valence-electron chi connectivity index (χ4n) is 2.44. The number of carbonyl (C=O) groups is 1. The van der Waals surface area contributed by atoms with Crippen molar-refractivity contribution in [1.82, 2.24) is 0 Å². The minimum Gasteiger partial charge on any atom is -0.465 e. The molecule has 0 spiro atoms. The Labute approximate surface area is 115 Å². The van der Waals surface area contributed by atoms with E-state index in [1.165, 1.54) is 6.42 Å². The van der Waals surface area contributed by atoms with Crippen LogP contribution in [0.4, 0.5) is 0 Å². The van der Waals surface area contributed by atoms with Crippen LogP contribution in [0.2, 0.25) is 0 Å². The van der Waals surface area contributed by atoms with Crippen molar-refractivity contribution >= 4 is 5.97 Å². The van der Waals surface area contributed by atoms with E-state index in [-0.39, 0.29) is 5.97 Å². The Hall–Kier alpha value is -0.650. The van der Waals surface area contributed by atoms with Gasteiger partial charge in [0.05, 0.1) is 25.2 Å². The van der Waals surface area contributed by atoms with Gasteiger partial charge < -0.3 is 19.9 Å². The number of hydrogen-bond acceptors (Lipinski definition) is 5. The van der Waals surface area contributed by atoms with E-state index in [4.69, 9.17) is 19.9 Å². The van der Waals surface area contributed by atoms with Crippen LogP contribution < -0.4 is 5.73 Å². The van der Waals surface area contributed by atoms with E-state index in [9.17, 15) is 4.79 Å². The zero-order valence-electron chi connectivity index (χ0n) is 12.0. The molecular weight excluding hydrogens is 246 g/mol. The summed E-state index contributed by atoms with van der Waals surface area (Å²) >= 11 is 0. The molecule has 0 heterocycles. The number of methoxy groups -OCH3 is 1. The van der Waals surface area contributed by atoms with Crippen LogP contribution in [0.5, 0.6) is 0 Å². The van der Waals surface area contributed by atoms with Gasteiger partial charge in [-0.05, 0) is 12.8 Å². The zero-order chi connectivity index (χ0) is 14.0. The van der Waals surface area contributed by atoms with Gasteiger partial charge in [-0.1, -0.05) is 19.3 Å². The van der Waals surface area contributed by atoms with Crippen LogP contribution in [0.25, 0.3) is 0 Å². The lowest BCUT2D eigenvalue weighted by atomic mass is 9.74. The van der Waals surface area contributed by atoms with Gasteiger partial charge in [0.2, 0.25) is 0 Å². The molecule has 0 amide bonds. The molecule has 1 aliphatic carbocycles. The van der Waals surface area contributed by atoms with Gasteiger partial charge in [0.25, 0.3) is 0 Å². The average molecular weight is 273 g/mol. The first-order valence-corrected chi connectivity index (χ1v) is 7.19. The Morgan fingerprint density at radius 3 is 2.47 bits per heavy atom. The van der Waals surface area contributed by atoms with E-state index >= 15 is 0 Å². The van der Waals surface area contributed by atoms with Crippen LogP contribution in [0, 0.1) is 5.41 Å². The number of hydrogen-bond donors (Lipinski definition) is 1. The summed E-state index contributed by atoms with van der Waals surface area (Å²) in [5.74, 6) is -0.119. The standard InChI is InChI=1S/C14H27NO4/c1-17-10-11-18-8-5-9-19-13(16)14(12-15)6-3-2-4-7-14/h2-12,15H2,1H3. The van der Waals surface area contributed by atoms with Gasteiger partial charge in [0, 0.05) is 26.7 Å². The van der Waals surface area contributed by atoms with Gasteiger partial charge in [-0.25, -0.2) is 0 Å². The van der Waals surface area contributed by atoms with Crippen molar-refractivity contribution in [3.8, 4) is 0 Å². The first-order valence-electron chi connectivity index (χ1n) is 7.19. The summed E-state index contributed by atoms with van der Waals surface area (Å²) in [5.41, 5.74) is 5.36. The Morgan fingerprint density at radius 2 is 1.84 bits per heavy atom. The van der Waals surface area contributed by atoms with E-state index < -0.39 is 5.41 Å². The molecule has 5 nitrogen and oxygen atoms in total. The molecule has 5 heteroatoms. The van der Waals surface area contributed by atoms with Crippen LogP contribution >= 0.6 is 0 Å². The van der Waals surface area contributed by atoms with Gasteiger partial charge in [-0.2, -0.15) is 0 Å². The van der Waals surface area contributed by atoms with Crippen molar-refractivity contribution in [3.63, 3.8) is 0 Å². The van der Waals surface area contributed by atoms with E-state index in [1.54, 1.807) is 7.11 Å². The molecular formula is C14H27NO4. The molecule has 1 rings (SSSR count). The van der Waals surface area contributed by atoms with Gasteiger partial charge >= 0.3 is 5.97 Å². The van der Waals surface area contributed by atoms with Gasteiger partial charge in [-0.3, -0.25) is 4.79 Å². The van der Waals surface area contributed by atoms with E-state index in [1.807, 2.05) is 0 Å². The van der Waals surface area contributed by atoms with Crippen molar-refractivity contribution < 1.29 is 19.0 Å². The van der Waals surface area contributed by atoms with Crippen LogP contribution in [0.15, 0.2) is 0 Å². The molecule has 1 fully saturated rings. The smallest absolute Gasteiger partial charge is 0.313 e. The Balaban J connectivity index is 2.15. The second kappa shape index (κ2) is 9.28. The topological polar surface area (TPSA) is 70.8 Å². The maximum absolute atomic E-state index is 12.1. The van der Waals surface area contributed by atoms with Crippen molar-refractivity contribution in [2.24, 2.45) is 11.1 Å². The lowest BCUT2D eigenvalue weighted by molar-refractivity contribution is -0.157. The number of nitrogens with two attached hydrogens (primary N) is 1. The summed E-state index contributed by atoms with van der Waals surface area (Å²) < 4.78 is 15.5. The second-order valence-electron chi connectivity index (χ2n) is 5.14. The molecule has 1 saturated carbocycles. The normalized spacial score (nSPS) is 18.2. The maximum atomic E-state index is 12.1. The first-order chi connectivity index (χ1) is 9.25. The van der Waals surface area contributed by atoms with Crippen molar-refractivity contribution in [3.05, 3.63) is 0 Å². The minimum absolute atomic E-state index is 0.119. The van der Waals surface area contributed by atoms with E-state index in [2.05, 4.69) is 0 Å². The molecule has 0 aromatic carbocycles. The number of carbonyl (C=O) groups excluding carboxylic acids is 1. The van der Waals surface area contributed by atoms with E-state index in [0.29, 0.717) is 33.0 Å². The van der Waals surface area contributed by atoms with Crippen molar-refractivity contribution in [2.75, 3.05) is 40.1 Å². The third kappa shape index (κ3) is 5.47. The second-order valence-corrected chi connectivity index (χ2v) is 5.14. The van der Waals surface area contributed by atoms with Crippen molar-refractivity contribution in [1.29, 1.82) is 0 Å². The molecule has 19 heavy (non-hydrogen) atoms. The number of rotatable bonds is 9. The van der Waals surface area contributed by atoms with Crippen LogP contribution in [-0.4, -0.2) is 46.1 Å². The molecule has 0 bridgehead atoms.